The zero-order chi connectivity index (χ0) is 14.2. The predicted octanol–water partition coefficient (Wildman–Crippen LogP) is 5.75. The van der Waals surface area contributed by atoms with Crippen LogP contribution in [0.5, 0.6) is 0 Å². The molecule has 2 rings (SSSR count). The minimum Gasteiger partial charge on any atom is -0.233 e. The Hall–Kier alpha value is -0.450. The SMILES string of the molecule is Cc1nc(-c2ccc(Br)c(Br)c2)nc(Cl)c1C(C)C. The van der Waals surface area contributed by atoms with E-state index in [1.165, 1.54) is 0 Å². The highest BCUT2D eigenvalue weighted by Crippen LogP contribution is 2.31. The van der Waals surface area contributed by atoms with Gasteiger partial charge in [0, 0.05) is 25.8 Å². The van der Waals surface area contributed by atoms with Crippen molar-refractivity contribution >= 4 is 43.5 Å². The van der Waals surface area contributed by atoms with E-state index in [1.54, 1.807) is 0 Å². The summed E-state index contributed by atoms with van der Waals surface area (Å²) in [6.07, 6.45) is 0. The quantitative estimate of drug-likeness (QED) is 0.595. The van der Waals surface area contributed by atoms with Crippen molar-refractivity contribution in [1.29, 1.82) is 0 Å². The molecule has 1 heterocycles. The number of aryl methyl sites for hydroxylation is 1. The van der Waals surface area contributed by atoms with E-state index >= 15 is 0 Å². The summed E-state index contributed by atoms with van der Waals surface area (Å²) in [7, 11) is 0. The molecule has 0 fully saturated rings. The molecule has 0 aliphatic rings. The van der Waals surface area contributed by atoms with Crippen molar-refractivity contribution in [3.63, 3.8) is 0 Å². The maximum Gasteiger partial charge on any atom is 0.161 e. The van der Waals surface area contributed by atoms with Gasteiger partial charge in [0.05, 0.1) is 0 Å². The van der Waals surface area contributed by atoms with E-state index in [2.05, 4.69) is 55.7 Å². The summed E-state index contributed by atoms with van der Waals surface area (Å²) in [5.74, 6) is 0.971. The first kappa shape index (κ1) is 14.9. The number of rotatable bonds is 2. The summed E-state index contributed by atoms with van der Waals surface area (Å²) in [5, 5.41) is 0.538. The molecule has 1 aromatic heterocycles. The Morgan fingerprint density at radius 3 is 2.32 bits per heavy atom. The summed E-state index contributed by atoms with van der Waals surface area (Å²) in [5.41, 5.74) is 2.89. The van der Waals surface area contributed by atoms with Gasteiger partial charge in [0.1, 0.15) is 5.15 Å². The second kappa shape index (κ2) is 5.90. The molecule has 0 amide bonds. The molecule has 0 bridgehead atoms. The second-order valence-electron chi connectivity index (χ2n) is 4.62. The van der Waals surface area contributed by atoms with Crippen LogP contribution in [0.15, 0.2) is 27.1 Å². The normalized spacial score (nSPS) is 11.1. The van der Waals surface area contributed by atoms with Crippen molar-refractivity contribution in [2.24, 2.45) is 0 Å². The van der Waals surface area contributed by atoms with Crippen LogP contribution in [0.4, 0.5) is 0 Å². The van der Waals surface area contributed by atoms with Crippen LogP contribution >= 0.6 is 43.5 Å². The van der Waals surface area contributed by atoms with Crippen LogP contribution in [0.1, 0.15) is 31.0 Å². The first-order valence-corrected chi connectivity index (χ1v) is 7.86. The lowest BCUT2D eigenvalue weighted by Crippen LogP contribution is -2.01. The van der Waals surface area contributed by atoms with Gasteiger partial charge in [0.15, 0.2) is 5.82 Å². The molecule has 0 saturated heterocycles. The monoisotopic (exact) mass is 402 g/mol. The van der Waals surface area contributed by atoms with Gasteiger partial charge < -0.3 is 0 Å². The topological polar surface area (TPSA) is 25.8 Å². The minimum absolute atomic E-state index is 0.318. The van der Waals surface area contributed by atoms with E-state index in [0.29, 0.717) is 16.9 Å². The Kier molecular flexibility index (Phi) is 4.64. The number of aromatic nitrogens is 2. The zero-order valence-corrected chi connectivity index (χ0v) is 14.8. The van der Waals surface area contributed by atoms with Gasteiger partial charge in [-0.1, -0.05) is 25.4 Å². The molecule has 5 heteroatoms. The Morgan fingerprint density at radius 1 is 1.11 bits per heavy atom. The molecule has 0 atom stereocenters. The standard InChI is InChI=1S/C14H13Br2ClN2/c1-7(2)12-8(3)18-14(19-13(12)17)9-4-5-10(15)11(16)6-9/h4-7H,1-3H3. The lowest BCUT2D eigenvalue weighted by molar-refractivity contribution is 0.831. The summed E-state index contributed by atoms with van der Waals surface area (Å²) >= 11 is 13.2. The van der Waals surface area contributed by atoms with Gasteiger partial charge in [0.2, 0.25) is 0 Å². The Morgan fingerprint density at radius 2 is 1.79 bits per heavy atom. The number of hydrogen-bond donors (Lipinski definition) is 0. The van der Waals surface area contributed by atoms with Crippen LogP contribution in [0.2, 0.25) is 5.15 Å². The van der Waals surface area contributed by atoms with Crippen LogP contribution in [0.3, 0.4) is 0 Å². The number of nitrogens with zero attached hydrogens (tertiary/aromatic N) is 2. The van der Waals surface area contributed by atoms with Gasteiger partial charge in [-0.15, -0.1) is 0 Å². The molecule has 0 radical (unpaired) electrons. The average Bonchev–Trinajstić information content (AvgIpc) is 2.31. The van der Waals surface area contributed by atoms with Crippen molar-refractivity contribution < 1.29 is 0 Å². The number of benzene rings is 1. The smallest absolute Gasteiger partial charge is 0.161 e. The van der Waals surface area contributed by atoms with E-state index in [4.69, 9.17) is 11.6 Å². The lowest BCUT2D eigenvalue weighted by atomic mass is 10.0. The Labute approximate surface area is 134 Å². The van der Waals surface area contributed by atoms with E-state index < -0.39 is 0 Å². The highest BCUT2D eigenvalue weighted by molar-refractivity contribution is 9.13. The minimum atomic E-state index is 0.318. The molecule has 0 aliphatic carbocycles. The molecular formula is C14H13Br2ClN2. The van der Waals surface area contributed by atoms with Crippen molar-refractivity contribution in [2.45, 2.75) is 26.7 Å². The second-order valence-corrected chi connectivity index (χ2v) is 6.69. The molecular weight excluding hydrogens is 391 g/mol. The predicted molar refractivity (Wildman–Crippen MR) is 86.7 cm³/mol. The lowest BCUT2D eigenvalue weighted by Gasteiger charge is -2.12. The Bertz CT molecular complexity index is 604. The summed E-state index contributed by atoms with van der Waals surface area (Å²) in [6.45, 7) is 6.15. The number of halogens is 3. The van der Waals surface area contributed by atoms with E-state index in [-0.39, 0.29) is 0 Å². The van der Waals surface area contributed by atoms with Crippen molar-refractivity contribution in [3.05, 3.63) is 43.6 Å². The van der Waals surface area contributed by atoms with Crippen LogP contribution < -0.4 is 0 Å². The zero-order valence-electron chi connectivity index (χ0n) is 10.8. The fourth-order valence-corrected chi connectivity index (χ4v) is 3.03. The van der Waals surface area contributed by atoms with Gasteiger partial charge in [-0.25, -0.2) is 9.97 Å². The van der Waals surface area contributed by atoms with Crippen LogP contribution in [0.25, 0.3) is 11.4 Å². The van der Waals surface area contributed by atoms with Gasteiger partial charge in [-0.2, -0.15) is 0 Å². The van der Waals surface area contributed by atoms with Crippen molar-refractivity contribution in [1.82, 2.24) is 9.97 Å². The Balaban J connectivity index is 2.55. The maximum absolute atomic E-state index is 6.28. The third kappa shape index (κ3) is 3.18. The van der Waals surface area contributed by atoms with Gasteiger partial charge in [-0.3, -0.25) is 0 Å². The number of hydrogen-bond acceptors (Lipinski definition) is 2. The molecule has 0 unspecified atom stereocenters. The average molecular weight is 405 g/mol. The van der Waals surface area contributed by atoms with E-state index in [1.807, 2.05) is 25.1 Å². The molecule has 1 aromatic carbocycles. The largest absolute Gasteiger partial charge is 0.233 e. The summed E-state index contributed by atoms with van der Waals surface area (Å²) < 4.78 is 1.97. The maximum atomic E-state index is 6.28. The van der Waals surface area contributed by atoms with Crippen LogP contribution in [-0.4, -0.2) is 9.97 Å². The van der Waals surface area contributed by atoms with Gasteiger partial charge >= 0.3 is 0 Å². The van der Waals surface area contributed by atoms with Gasteiger partial charge in [-0.05, 0) is 62.9 Å². The molecule has 2 nitrogen and oxygen atoms in total. The molecule has 2 aromatic rings. The first-order valence-electron chi connectivity index (χ1n) is 5.89. The van der Waals surface area contributed by atoms with Crippen LogP contribution in [0, 0.1) is 6.92 Å². The molecule has 19 heavy (non-hydrogen) atoms. The first-order chi connectivity index (χ1) is 8.90. The highest BCUT2D eigenvalue weighted by atomic mass is 79.9. The van der Waals surface area contributed by atoms with Gasteiger partial charge in [0.25, 0.3) is 0 Å². The summed E-state index contributed by atoms with van der Waals surface area (Å²) in [4.78, 5) is 8.98. The van der Waals surface area contributed by atoms with Crippen molar-refractivity contribution in [3.8, 4) is 11.4 Å². The van der Waals surface area contributed by atoms with Crippen LogP contribution in [-0.2, 0) is 0 Å². The molecule has 0 N–H and O–H groups in total. The molecule has 0 spiro atoms. The fourth-order valence-electron chi connectivity index (χ4n) is 1.97. The molecule has 0 saturated carbocycles. The van der Waals surface area contributed by atoms with E-state index in [9.17, 15) is 0 Å². The molecule has 0 aliphatic heterocycles. The van der Waals surface area contributed by atoms with Crippen molar-refractivity contribution in [2.75, 3.05) is 0 Å². The third-order valence-electron chi connectivity index (χ3n) is 2.84. The third-order valence-corrected chi connectivity index (χ3v) is 5.01. The highest BCUT2D eigenvalue weighted by Gasteiger charge is 2.14. The summed E-state index contributed by atoms with van der Waals surface area (Å²) in [6, 6.07) is 5.90. The fraction of sp³-hybridized carbons (Fsp3) is 0.286. The van der Waals surface area contributed by atoms with E-state index in [0.717, 1.165) is 25.8 Å². The molecule has 100 valence electrons.